The number of hydrogen-bond donors (Lipinski definition) is 0. The van der Waals surface area contributed by atoms with Crippen LogP contribution >= 0.6 is 10.7 Å². The van der Waals surface area contributed by atoms with Crippen molar-refractivity contribution in [1.82, 2.24) is 3.96 Å². The van der Waals surface area contributed by atoms with E-state index in [0.717, 1.165) is 4.70 Å². The van der Waals surface area contributed by atoms with E-state index in [2.05, 4.69) is 0 Å². The fraction of sp³-hybridized carbons (Fsp3) is 0.0714. The molecule has 0 aliphatic heterocycles. The monoisotopic (exact) mass is 322 g/mol. The lowest BCUT2D eigenvalue weighted by Gasteiger charge is -1.95. The van der Waals surface area contributed by atoms with Crippen molar-refractivity contribution in [2.45, 2.75) is 0 Å². The molecule has 0 bridgehead atoms. The topological polar surface area (TPSA) is 65.1 Å². The normalized spacial score (nSPS) is 11.2. The molecular formula is C14H11ClN2O3S. The van der Waals surface area contributed by atoms with Crippen LogP contribution in [0.2, 0.25) is 0 Å². The van der Waals surface area contributed by atoms with Gasteiger partial charge in [-0.25, -0.2) is 0 Å². The van der Waals surface area contributed by atoms with Crippen LogP contribution in [0.25, 0.3) is 15.0 Å². The predicted molar refractivity (Wildman–Crippen MR) is 79.7 cm³/mol. The van der Waals surface area contributed by atoms with E-state index in [0.29, 0.717) is 10.3 Å². The summed E-state index contributed by atoms with van der Waals surface area (Å²) in [6, 6.07) is 13.8. The fourth-order valence-electron chi connectivity index (χ4n) is 2.25. The number of nitro groups is 1. The molecule has 5 nitrogen and oxygen atoms in total. The van der Waals surface area contributed by atoms with Gasteiger partial charge in [0.15, 0.2) is 0 Å². The van der Waals surface area contributed by atoms with Gasteiger partial charge in [0.25, 0.3) is 4.90 Å². The molecule has 1 aromatic heterocycles. The number of nitrogens with zero attached hydrogens (tertiary/aromatic N) is 2. The smallest absolute Gasteiger partial charge is 0.330 e. The van der Waals surface area contributed by atoms with Crippen LogP contribution in [0, 0.1) is 10.1 Å². The van der Waals surface area contributed by atoms with Crippen LogP contribution in [-0.2, 0) is 7.05 Å². The van der Waals surface area contributed by atoms with Crippen molar-refractivity contribution in [3.63, 3.8) is 0 Å². The highest BCUT2D eigenvalue weighted by Crippen LogP contribution is 2.41. The number of halogens is 1. The van der Waals surface area contributed by atoms with Crippen molar-refractivity contribution in [3.05, 3.63) is 69.0 Å². The molecule has 0 spiro atoms. The molecule has 3 aromatic rings. The van der Waals surface area contributed by atoms with E-state index >= 15 is 0 Å². The van der Waals surface area contributed by atoms with Crippen LogP contribution in [-0.4, -0.2) is 8.88 Å². The van der Waals surface area contributed by atoms with Crippen molar-refractivity contribution in [2.75, 3.05) is 0 Å². The minimum absolute atomic E-state index is 0. The Balaban J connectivity index is 0.00000161. The van der Waals surface area contributed by atoms with Gasteiger partial charge in [0.1, 0.15) is 16.1 Å². The zero-order valence-corrected chi connectivity index (χ0v) is 12.6. The Morgan fingerprint density at radius 3 is 2.43 bits per heavy atom. The van der Waals surface area contributed by atoms with E-state index in [1.165, 1.54) is 6.07 Å². The minimum Gasteiger partial charge on any atom is -1.00 e. The highest BCUT2D eigenvalue weighted by molar-refractivity contribution is 7.41. The summed E-state index contributed by atoms with van der Waals surface area (Å²) in [5, 5.41) is 11.8. The molecule has 1 unspecified atom stereocenters. The molecule has 108 valence electrons. The number of hydrogen-bond acceptors (Lipinski definition) is 3. The van der Waals surface area contributed by atoms with Gasteiger partial charge >= 0.3 is 11.2 Å². The summed E-state index contributed by atoms with van der Waals surface area (Å²) >= 11 is 0. The Labute approximate surface area is 129 Å². The van der Waals surface area contributed by atoms with Crippen molar-refractivity contribution in [1.29, 1.82) is 0 Å². The molecule has 0 N–H and O–H groups in total. The standard InChI is InChI=1S/C14H11N2O3S.ClH/c1-15-14(17)10-6-2-4-8-12(10)20(15)13-9-5-3-7-11(13)16(18)19;/h2-9H,1H3;1H/q+1;/p-1. The predicted octanol–water partition coefficient (Wildman–Crippen LogP) is 0.189. The summed E-state index contributed by atoms with van der Waals surface area (Å²) in [7, 11) is 0.952. The third-order valence-corrected chi connectivity index (χ3v) is 5.40. The number of fused-ring (bicyclic) bond motifs is 1. The second-order valence-corrected chi connectivity index (χ2v) is 6.30. The fourth-order valence-corrected chi connectivity index (χ4v) is 4.46. The number of aromatic nitrogens is 1. The average molecular weight is 323 g/mol. The van der Waals surface area contributed by atoms with E-state index in [-0.39, 0.29) is 23.7 Å². The summed E-state index contributed by atoms with van der Waals surface area (Å²) in [5.74, 6) is 0. The second-order valence-electron chi connectivity index (χ2n) is 4.31. The molecule has 1 atom stereocenters. The first-order valence-electron chi connectivity index (χ1n) is 5.96. The van der Waals surface area contributed by atoms with Crippen LogP contribution in [0.4, 0.5) is 5.69 Å². The van der Waals surface area contributed by atoms with Crippen LogP contribution in [0.15, 0.2) is 53.3 Å². The summed E-state index contributed by atoms with van der Waals surface area (Å²) in [4.78, 5) is 23.6. The van der Waals surface area contributed by atoms with E-state index in [9.17, 15) is 14.9 Å². The zero-order chi connectivity index (χ0) is 14.3. The van der Waals surface area contributed by atoms with Gasteiger partial charge in [0, 0.05) is 18.2 Å². The molecule has 0 saturated heterocycles. The number of rotatable bonds is 2. The first kappa shape index (κ1) is 15.2. The van der Waals surface area contributed by atoms with Gasteiger partial charge in [-0.1, -0.05) is 24.3 Å². The molecule has 0 fully saturated rings. The van der Waals surface area contributed by atoms with Crippen LogP contribution < -0.4 is 18.0 Å². The molecule has 21 heavy (non-hydrogen) atoms. The lowest BCUT2D eigenvalue weighted by atomic mass is 10.3. The zero-order valence-electron chi connectivity index (χ0n) is 11.0. The largest absolute Gasteiger partial charge is 1.00 e. The van der Waals surface area contributed by atoms with Gasteiger partial charge < -0.3 is 12.4 Å². The molecule has 7 heteroatoms. The molecule has 0 saturated carbocycles. The highest BCUT2D eigenvalue weighted by Gasteiger charge is 2.30. The van der Waals surface area contributed by atoms with E-state index in [1.54, 1.807) is 41.3 Å². The van der Waals surface area contributed by atoms with Gasteiger partial charge in [-0.2, -0.15) is 0 Å². The van der Waals surface area contributed by atoms with Gasteiger partial charge in [-0.05, 0) is 6.07 Å². The van der Waals surface area contributed by atoms with Crippen LogP contribution in [0.3, 0.4) is 0 Å². The van der Waals surface area contributed by atoms with E-state index < -0.39 is 15.6 Å². The van der Waals surface area contributed by atoms with Crippen molar-refractivity contribution >= 4 is 26.4 Å². The highest BCUT2D eigenvalue weighted by atomic mass is 35.5. The van der Waals surface area contributed by atoms with Crippen molar-refractivity contribution < 1.29 is 17.3 Å². The minimum atomic E-state index is -0.730. The van der Waals surface area contributed by atoms with Crippen LogP contribution in [0.1, 0.15) is 0 Å². The van der Waals surface area contributed by atoms with E-state index in [1.807, 2.05) is 12.1 Å². The molecule has 0 aliphatic rings. The Morgan fingerprint density at radius 1 is 1.10 bits per heavy atom. The summed E-state index contributed by atoms with van der Waals surface area (Å²) in [6.45, 7) is 0. The molecule has 2 aromatic carbocycles. The number of para-hydroxylation sites is 1. The maximum absolute atomic E-state index is 12.2. The average Bonchev–Trinajstić information content (AvgIpc) is 2.71. The number of nitro benzene ring substituents is 1. The Morgan fingerprint density at radius 2 is 1.71 bits per heavy atom. The summed E-state index contributed by atoms with van der Waals surface area (Å²) in [5.41, 5.74) is -0.0470. The SMILES string of the molecule is Cn1c(=O)c2ccccc2[s+]1-c1ccccc1[N+](=O)[O-].[Cl-]. The van der Waals surface area contributed by atoms with Gasteiger partial charge in [-0.15, -0.1) is 3.96 Å². The lowest BCUT2D eigenvalue weighted by molar-refractivity contribution is -0.383. The maximum Gasteiger partial charge on any atom is 0.330 e. The molecule has 3 rings (SSSR count). The number of benzene rings is 2. The maximum atomic E-state index is 12.2. The first-order valence-corrected chi connectivity index (χ1v) is 7.14. The second kappa shape index (κ2) is 5.67. The third kappa shape index (κ3) is 2.32. The molecule has 0 aliphatic carbocycles. The van der Waals surface area contributed by atoms with Crippen molar-refractivity contribution in [2.24, 2.45) is 7.05 Å². The Kier molecular flexibility index (Phi) is 4.11. The summed E-state index contributed by atoms with van der Waals surface area (Å²) in [6.07, 6.45) is 0. The first-order chi connectivity index (χ1) is 9.61. The molecule has 0 radical (unpaired) electrons. The summed E-state index contributed by atoms with van der Waals surface area (Å²) < 4.78 is 2.42. The van der Waals surface area contributed by atoms with Gasteiger partial charge in [0.05, 0.1) is 12.0 Å². The van der Waals surface area contributed by atoms with Gasteiger partial charge in [-0.3, -0.25) is 14.9 Å². The van der Waals surface area contributed by atoms with Crippen molar-refractivity contribution in [3.8, 4) is 4.90 Å². The molecule has 0 amide bonds. The molecular weight excluding hydrogens is 312 g/mol. The van der Waals surface area contributed by atoms with Gasteiger partial charge in [0.2, 0.25) is 4.70 Å². The quantitative estimate of drug-likeness (QED) is 0.384. The van der Waals surface area contributed by atoms with E-state index in [4.69, 9.17) is 0 Å². The lowest BCUT2D eigenvalue weighted by Crippen LogP contribution is -3.00. The van der Waals surface area contributed by atoms with Crippen LogP contribution in [0.5, 0.6) is 0 Å². The molecule has 1 heterocycles. The Hall–Kier alpha value is -2.18. The third-order valence-electron chi connectivity index (χ3n) is 3.16. The Bertz CT molecular complexity index is 885.